The van der Waals surface area contributed by atoms with Gasteiger partial charge in [0, 0.05) is 29.8 Å². The number of hydrogen-bond donors (Lipinski definition) is 1. The summed E-state index contributed by atoms with van der Waals surface area (Å²) in [6.07, 6.45) is 4.22. The average molecular weight is 438 g/mol. The normalized spacial score (nSPS) is 24.8. The van der Waals surface area contributed by atoms with Crippen molar-refractivity contribution >= 4 is 26.8 Å². The third kappa shape index (κ3) is 2.79. The first-order valence-electron chi connectivity index (χ1n) is 10.6. The number of piperidine rings is 1. The van der Waals surface area contributed by atoms with Gasteiger partial charge in [-0.15, -0.1) is 0 Å². The van der Waals surface area contributed by atoms with E-state index in [2.05, 4.69) is 36.8 Å². The monoisotopic (exact) mass is 437 g/mol. The molecule has 1 fully saturated rings. The molecule has 7 heteroatoms. The third-order valence-corrected chi connectivity index (χ3v) is 9.12. The summed E-state index contributed by atoms with van der Waals surface area (Å²) in [4.78, 5) is 23.3. The molecule has 5 rings (SSSR count). The second kappa shape index (κ2) is 6.42. The molecule has 1 aliphatic carbocycles. The molecular weight excluding hydrogens is 410 g/mol. The summed E-state index contributed by atoms with van der Waals surface area (Å²) in [6.45, 7) is 7.30. The Bertz CT molecular complexity index is 1320. The SMILES string of the molecule is CC1(C)C2Cc3c(cccc3S(C)(=O)=O)[C@]1(C)CCN2C(=O)c1ccc2nc[nH]c2c1. The first-order valence-corrected chi connectivity index (χ1v) is 12.5. The topological polar surface area (TPSA) is 83.1 Å². The molecule has 6 nitrogen and oxygen atoms in total. The number of aromatic nitrogens is 2. The first kappa shape index (κ1) is 20.2. The number of fused-ring (bicyclic) bond motifs is 5. The van der Waals surface area contributed by atoms with Gasteiger partial charge < -0.3 is 9.88 Å². The van der Waals surface area contributed by atoms with Gasteiger partial charge in [0.2, 0.25) is 0 Å². The average Bonchev–Trinajstić information content (AvgIpc) is 3.17. The number of amides is 1. The molecule has 1 aliphatic heterocycles. The molecule has 3 aromatic rings. The van der Waals surface area contributed by atoms with Gasteiger partial charge in [-0.25, -0.2) is 13.4 Å². The van der Waals surface area contributed by atoms with Crippen LogP contribution in [0.25, 0.3) is 11.0 Å². The lowest BCUT2D eigenvalue weighted by atomic mass is 9.51. The van der Waals surface area contributed by atoms with Crippen molar-refractivity contribution in [2.75, 3.05) is 12.8 Å². The van der Waals surface area contributed by atoms with Crippen molar-refractivity contribution in [3.63, 3.8) is 0 Å². The van der Waals surface area contributed by atoms with Crippen LogP contribution in [0.2, 0.25) is 0 Å². The molecule has 1 saturated heterocycles. The number of carbonyl (C=O) groups excluding carboxylic acids is 1. The molecule has 2 aromatic carbocycles. The number of likely N-dealkylation sites (tertiary alicyclic amines) is 1. The molecule has 2 atom stereocenters. The maximum atomic E-state index is 13.6. The minimum absolute atomic E-state index is 0.0167. The van der Waals surface area contributed by atoms with E-state index in [4.69, 9.17) is 0 Å². The summed E-state index contributed by atoms with van der Waals surface area (Å²) in [5.41, 5.74) is 3.85. The lowest BCUT2D eigenvalue weighted by Crippen LogP contribution is -2.65. The number of nitrogens with one attached hydrogen (secondary N) is 1. The van der Waals surface area contributed by atoms with Gasteiger partial charge in [-0.1, -0.05) is 32.9 Å². The summed E-state index contributed by atoms with van der Waals surface area (Å²) in [5, 5.41) is 0. The van der Waals surface area contributed by atoms with E-state index >= 15 is 0 Å². The van der Waals surface area contributed by atoms with E-state index in [-0.39, 0.29) is 22.8 Å². The fourth-order valence-corrected chi connectivity index (χ4v) is 6.70. The van der Waals surface area contributed by atoms with Gasteiger partial charge in [0.1, 0.15) is 0 Å². The van der Waals surface area contributed by atoms with E-state index in [0.717, 1.165) is 28.6 Å². The number of hydrogen-bond acceptors (Lipinski definition) is 4. The Balaban J connectivity index is 1.62. The molecule has 1 aromatic heterocycles. The zero-order valence-electron chi connectivity index (χ0n) is 18.3. The zero-order chi connectivity index (χ0) is 22.2. The number of rotatable bonds is 2. The minimum Gasteiger partial charge on any atom is -0.345 e. The highest BCUT2D eigenvalue weighted by atomic mass is 32.2. The maximum Gasteiger partial charge on any atom is 0.254 e. The number of H-pyrrole nitrogens is 1. The summed E-state index contributed by atoms with van der Waals surface area (Å²) in [6, 6.07) is 11.1. The lowest BCUT2D eigenvalue weighted by molar-refractivity contribution is -0.0267. The predicted octanol–water partition coefficient (Wildman–Crippen LogP) is 3.72. The molecule has 2 aliphatic rings. The summed E-state index contributed by atoms with van der Waals surface area (Å²) in [7, 11) is -3.36. The zero-order valence-corrected chi connectivity index (χ0v) is 19.1. The van der Waals surface area contributed by atoms with E-state index in [9.17, 15) is 13.2 Å². The highest BCUT2D eigenvalue weighted by Crippen LogP contribution is 2.56. The molecule has 2 heterocycles. The Hall–Kier alpha value is -2.67. The molecule has 1 N–H and O–H groups in total. The Morgan fingerprint density at radius 2 is 1.97 bits per heavy atom. The fourth-order valence-electron chi connectivity index (χ4n) is 5.74. The van der Waals surface area contributed by atoms with Crippen molar-refractivity contribution in [2.24, 2.45) is 5.41 Å². The standard InChI is InChI=1S/C24H27N3O3S/c1-23(2)21-13-16-17(6-5-7-20(16)31(4,29)30)24(23,3)10-11-27(21)22(28)15-8-9-18-19(12-15)26-14-25-18/h5-9,12,14,21H,10-11,13H2,1-4H3,(H,25,26)/t21?,24-/m0/s1. The van der Waals surface area contributed by atoms with Gasteiger partial charge in [0.15, 0.2) is 9.84 Å². The van der Waals surface area contributed by atoms with E-state index in [1.165, 1.54) is 6.26 Å². The van der Waals surface area contributed by atoms with Gasteiger partial charge >= 0.3 is 0 Å². The second-order valence-electron chi connectivity index (χ2n) is 9.71. The Morgan fingerprint density at radius 3 is 2.71 bits per heavy atom. The summed E-state index contributed by atoms with van der Waals surface area (Å²) in [5.74, 6) is -0.0167. The van der Waals surface area contributed by atoms with E-state index in [1.54, 1.807) is 12.4 Å². The predicted molar refractivity (Wildman–Crippen MR) is 120 cm³/mol. The van der Waals surface area contributed by atoms with E-state index in [1.807, 2.05) is 29.2 Å². The van der Waals surface area contributed by atoms with Crippen LogP contribution in [0.1, 0.15) is 48.7 Å². The Kier molecular flexibility index (Phi) is 4.19. The van der Waals surface area contributed by atoms with Crippen LogP contribution in [0.4, 0.5) is 0 Å². The van der Waals surface area contributed by atoms with Gasteiger partial charge in [-0.3, -0.25) is 4.79 Å². The molecule has 2 bridgehead atoms. The smallest absolute Gasteiger partial charge is 0.254 e. The molecular formula is C24H27N3O3S. The molecule has 1 amide bonds. The Labute approximate surface area is 182 Å². The number of aromatic amines is 1. The van der Waals surface area contributed by atoms with E-state index < -0.39 is 9.84 Å². The fraction of sp³-hybridized carbons (Fsp3) is 0.417. The van der Waals surface area contributed by atoms with Crippen molar-refractivity contribution in [2.45, 2.75) is 50.0 Å². The van der Waals surface area contributed by atoms with Crippen molar-refractivity contribution in [3.8, 4) is 0 Å². The Morgan fingerprint density at radius 1 is 1.19 bits per heavy atom. The highest BCUT2D eigenvalue weighted by molar-refractivity contribution is 7.90. The van der Waals surface area contributed by atoms with Crippen molar-refractivity contribution in [1.82, 2.24) is 14.9 Å². The summed E-state index contributed by atoms with van der Waals surface area (Å²) < 4.78 is 25.1. The molecule has 31 heavy (non-hydrogen) atoms. The quantitative estimate of drug-likeness (QED) is 0.662. The van der Waals surface area contributed by atoms with Crippen LogP contribution in [0.5, 0.6) is 0 Å². The molecule has 1 unspecified atom stereocenters. The van der Waals surface area contributed by atoms with E-state index in [0.29, 0.717) is 23.4 Å². The van der Waals surface area contributed by atoms with Gasteiger partial charge in [0.05, 0.1) is 22.3 Å². The van der Waals surface area contributed by atoms with Crippen LogP contribution in [0.3, 0.4) is 0 Å². The maximum absolute atomic E-state index is 13.6. The number of nitrogens with zero attached hydrogens (tertiary/aromatic N) is 2. The second-order valence-corrected chi connectivity index (χ2v) is 11.7. The minimum atomic E-state index is -3.36. The lowest BCUT2D eigenvalue weighted by Gasteiger charge is -2.61. The molecule has 0 radical (unpaired) electrons. The first-order chi connectivity index (χ1) is 14.5. The highest BCUT2D eigenvalue weighted by Gasteiger charge is 2.57. The number of benzene rings is 2. The number of carbonyl (C=O) groups is 1. The van der Waals surface area contributed by atoms with Crippen LogP contribution in [0, 0.1) is 5.41 Å². The van der Waals surface area contributed by atoms with Crippen LogP contribution in [0.15, 0.2) is 47.6 Å². The van der Waals surface area contributed by atoms with Crippen LogP contribution >= 0.6 is 0 Å². The van der Waals surface area contributed by atoms with Crippen molar-refractivity contribution in [3.05, 3.63) is 59.4 Å². The van der Waals surface area contributed by atoms with Gasteiger partial charge in [-0.05, 0) is 53.6 Å². The van der Waals surface area contributed by atoms with Crippen molar-refractivity contribution in [1.29, 1.82) is 0 Å². The molecule has 162 valence electrons. The molecule has 0 spiro atoms. The van der Waals surface area contributed by atoms with Crippen LogP contribution < -0.4 is 0 Å². The van der Waals surface area contributed by atoms with Gasteiger partial charge in [-0.2, -0.15) is 0 Å². The van der Waals surface area contributed by atoms with Crippen LogP contribution in [-0.2, 0) is 21.7 Å². The van der Waals surface area contributed by atoms with Gasteiger partial charge in [0.25, 0.3) is 5.91 Å². The number of sulfone groups is 1. The van der Waals surface area contributed by atoms with Crippen LogP contribution in [-0.4, -0.2) is 48.0 Å². The number of imidazole rings is 1. The third-order valence-electron chi connectivity index (χ3n) is 7.94. The largest absolute Gasteiger partial charge is 0.345 e. The summed E-state index contributed by atoms with van der Waals surface area (Å²) >= 11 is 0. The van der Waals surface area contributed by atoms with Crippen molar-refractivity contribution < 1.29 is 13.2 Å². The molecule has 0 saturated carbocycles.